The Balaban J connectivity index is 3.11. The minimum absolute atomic E-state index is 0.210. The molecule has 0 bridgehead atoms. The summed E-state index contributed by atoms with van der Waals surface area (Å²) < 4.78 is 13.6. The second kappa shape index (κ2) is 4.82. The molecule has 1 rings (SSSR count). The molecular formula is C12H14ClFN2. The summed E-state index contributed by atoms with van der Waals surface area (Å²) in [7, 11) is 0. The monoisotopic (exact) mass is 240 g/mol. The highest BCUT2D eigenvalue weighted by Gasteiger charge is 2.23. The van der Waals surface area contributed by atoms with Crippen molar-refractivity contribution in [3.63, 3.8) is 0 Å². The zero-order chi connectivity index (χ0) is 12.3. The predicted octanol–water partition coefficient (Wildman–Crippen LogP) is 3.43. The van der Waals surface area contributed by atoms with Crippen molar-refractivity contribution in [2.75, 3.05) is 0 Å². The number of halogens is 2. The molecule has 1 unspecified atom stereocenters. The van der Waals surface area contributed by atoms with E-state index in [1.165, 1.54) is 12.1 Å². The molecule has 1 aromatic rings. The first-order valence-electron chi connectivity index (χ1n) is 4.96. The average Bonchev–Trinajstić information content (AvgIpc) is 2.14. The molecule has 0 amide bonds. The third-order valence-electron chi connectivity index (χ3n) is 1.99. The molecule has 2 nitrogen and oxygen atoms in total. The summed E-state index contributed by atoms with van der Waals surface area (Å²) in [4.78, 5) is 0. The highest BCUT2D eigenvalue weighted by molar-refractivity contribution is 6.31. The number of nitrogens with zero attached hydrogens (tertiary/aromatic N) is 1. The van der Waals surface area contributed by atoms with Gasteiger partial charge in [-0.15, -0.1) is 0 Å². The van der Waals surface area contributed by atoms with Crippen LogP contribution in [-0.4, -0.2) is 5.54 Å². The first-order valence-corrected chi connectivity index (χ1v) is 5.34. The van der Waals surface area contributed by atoms with Crippen molar-refractivity contribution in [2.45, 2.75) is 32.4 Å². The second-order valence-electron chi connectivity index (χ2n) is 4.59. The van der Waals surface area contributed by atoms with Gasteiger partial charge in [-0.25, -0.2) is 4.39 Å². The largest absolute Gasteiger partial charge is 0.293 e. The summed E-state index contributed by atoms with van der Waals surface area (Å²) in [5.74, 6) is -0.462. The molecule has 0 aromatic heterocycles. The molecule has 0 saturated carbocycles. The molecule has 16 heavy (non-hydrogen) atoms. The first-order chi connectivity index (χ1) is 7.35. The summed E-state index contributed by atoms with van der Waals surface area (Å²) in [6, 6.07) is 5.68. The summed E-state index contributed by atoms with van der Waals surface area (Å²) in [5.41, 5.74) is -0.0759. The summed E-state index contributed by atoms with van der Waals surface area (Å²) in [6.07, 6.45) is 0. The predicted molar refractivity (Wildman–Crippen MR) is 62.7 cm³/mol. The lowest BCUT2D eigenvalue weighted by Gasteiger charge is -2.25. The lowest BCUT2D eigenvalue weighted by molar-refractivity contribution is 0.394. The van der Waals surface area contributed by atoms with Crippen LogP contribution in [-0.2, 0) is 0 Å². The molecule has 0 radical (unpaired) electrons. The van der Waals surface area contributed by atoms with E-state index in [4.69, 9.17) is 16.9 Å². The average molecular weight is 241 g/mol. The Kier molecular flexibility index (Phi) is 3.90. The van der Waals surface area contributed by atoms with E-state index in [1.54, 1.807) is 6.07 Å². The maximum atomic E-state index is 13.6. The Morgan fingerprint density at radius 3 is 2.50 bits per heavy atom. The third kappa shape index (κ3) is 3.19. The van der Waals surface area contributed by atoms with E-state index in [0.717, 1.165) is 0 Å². The number of hydrogen-bond acceptors (Lipinski definition) is 2. The summed E-state index contributed by atoms with van der Waals surface area (Å²) in [6.45, 7) is 5.73. The van der Waals surface area contributed by atoms with Crippen molar-refractivity contribution in [1.82, 2.24) is 5.32 Å². The molecule has 0 aliphatic heterocycles. The van der Waals surface area contributed by atoms with Crippen LogP contribution < -0.4 is 5.32 Å². The smallest absolute Gasteiger partial charge is 0.130 e. The van der Waals surface area contributed by atoms with E-state index in [1.807, 2.05) is 26.8 Å². The van der Waals surface area contributed by atoms with Gasteiger partial charge < -0.3 is 0 Å². The molecule has 0 heterocycles. The van der Waals surface area contributed by atoms with E-state index < -0.39 is 11.9 Å². The van der Waals surface area contributed by atoms with E-state index in [-0.39, 0.29) is 16.1 Å². The van der Waals surface area contributed by atoms with Crippen LogP contribution in [0.5, 0.6) is 0 Å². The van der Waals surface area contributed by atoms with Crippen LogP contribution in [0, 0.1) is 17.1 Å². The van der Waals surface area contributed by atoms with E-state index in [9.17, 15) is 4.39 Å². The van der Waals surface area contributed by atoms with Crippen molar-refractivity contribution in [3.8, 4) is 6.07 Å². The van der Waals surface area contributed by atoms with Crippen LogP contribution in [0.2, 0.25) is 5.02 Å². The van der Waals surface area contributed by atoms with Gasteiger partial charge in [0.1, 0.15) is 11.9 Å². The van der Waals surface area contributed by atoms with Gasteiger partial charge in [-0.3, -0.25) is 5.32 Å². The van der Waals surface area contributed by atoms with Gasteiger partial charge in [0.05, 0.1) is 6.07 Å². The van der Waals surface area contributed by atoms with Gasteiger partial charge in [-0.1, -0.05) is 17.7 Å². The van der Waals surface area contributed by atoms with Crippen molar-refractivity contribution >= 4 is 11.6 Å². The zero-order valence-corrected chi connectivity index (χ0v) is 10.3. The Labute approximate surface area is 100 Å². The van der Waals surface area contributed by atoms with Gasteiger partial charge in [0, 0.05) is 16.1 Å². The normalized spacial score (nSPS) is 13.2. The number of rotatable bonds is 2. The standard InChI is InChI=1S/C12H14ClFN2/c1-12(2,3)16-10(7-15)11-8(13)5-4-6-9(11)14/h4-6,10,16H,1-3H3. The number of nitrogens with one attached hydrogen (secondary N) is 1. The molecule has 0 saturated heterocycles. The Bertz CT molecular complexity index is 398. The highest BCUT2D eigenvalue weighted by atomic mass is 35.5. The van der Waals surface area contributed by atoms with Crippen molar-refractivity contribution in [3.05, 3.63) is 34.6 Å². The molecule has 86 valence electrons. The van der Waals surface area contributed by atoms with E-state index in [2.05, 4.69) is 5.32 Å². The number of benzene rings is 1. The molecule has 4 heteroatoms. The van der Waals surface area contributed by atoms with Crippen molar-refractivity contribution < 1.29 is 4.39 Å². The van der Waals surface area contributed by atoms with Crippen LogP contribution >= 0.6 is 11.6 Å². The highest BCUT2D eigenvalue weighted by Crippen LogP contribution is 2.26. The first kappa shape index (κ1) is 13.0. The zero-order valence-electron chi connectivity index (χ0n) is 9.51. The van der Waals surface area contributed by atoms with Crippen LogP contribution in [0.3, 0.4) is 0 Å². The maximum Gasteiger partial charge on any atom is 0.130 e. The van der Waals surface area contributed by atoms with Gasteiger partial charge in [0.25, 0.3) is 0 Å². The van der Waals surface area contributed by atoms with E-state index >= 15 is 0 Å². The lowest BCUT2D eigenvalue weighted by atomic mass is 10.0. The van der Waals surface area contributed by atoms with Gasteiger partial charge in [0.15, 0.2) is 0 Å². The van der Waals surface area contributed by atoms with Crippen LogP contribution in [0.25, 0.3) is 0 Å². The van der Waals surface area contributed by atoms with Crippen molar-refractivity contribution in [1.29, 1.82) is 5.26 Å². The fourth-order valence-corrected chi connectivity index (χ4v) is 1.66. The number of nitriles is 1. The van der Waals surface area contributed by atoms with Gasteiger partial charge in [-0.2, -0.15) is 5.26 Å². The second-order valence-corrected chi connectivity index (χ2v) is 5.00. The third-order valence-corrected chi connectivity index (χ3v) is 2.32. The van der Waals surface area contributed by atoms with E-state index in [0.29, 0.717) is 0 Å². The van der Waals surface area contributed by atoms with Gasteiger partial charge in [0.2, 0.25) is 0 Å². The molecule has 0 spiro atoms. The van der Waals surface area contributed by atoms with Gasteiger partial charge in [-0.05, 0) is 32.9 Å². The Morgan fingerprint density at radius 1 is 1.44 bits per heavy atom. The SMILES string of the molecule is CC(C)(C)NC(C#N)c1c(F)cccc1Cl. The Hall–Kier alpha value is -1.11. The molecule has 1 aromatic carbocycles. The fourth-order valence-electron chi connectivity index (χ4n) is 1.39. The molecule has 0 fully saturated rings. The minimum atomic E-state index is -0.742. The topological polar surface area (TPSA) is 35.8 Å². The maximum absolute atomic E-state index is 13.6. The lowest BCUT2D eigenvalue weighted by Crippen LogP contribution is -2.38. The van der Waals surface area contributed by atoms with Crippen LogP contribution in [0.15, 0.2) is 18.2 Å². The summed E-state index contributed by atoms with van der Waals surface area (Å²) >= 11 is 5.90. The quantitative estimate of drug-likeness (QED) is 0.860. The Morgan fingerprint density at radius 2 is 2.06 bits per heavy atom. The van der Waals surface area contributed by atoms with Crippen molar-refractivity contribution in [2.24, 2.45) is 0 Å². The molecule has 1 N–H and O–H groups in total. The molecule has 0 aliphatic rings. The molecule has 1 atom stereocenters. The molecule has 0 aliphatic carbocycles. The number of hydrogen-bond donors (Lipinski definition) is 1. The van der Waals surface area contributed by atoms with Gasteiger partial charge >= 0.3 is 0 Å². The van der Waals surface area contributed by atoms with Crippen LogP contribution in [0.1, 0.15) is 32.4 Å². The van der Waals surface area contributed by atoms with Crippen LogP contribution in [0.4, 0.5) is 4.39 Å². The summed E-state index contributed by atoms with van der Waals surface area (Å²) in [5, 5.41) is 12.3. The molecular weight excluding hydrogens is 227 g/mol. The minimum Gasteiger partial charge on any atom is -0.293 e. The fraction of sp³-hybridized carbons (Fsp3) is 0.417.